The van der Waals surface area contributed by atoms with E-state index in [1.54, 1.807) is 51.5 Å². The van der Waals surface area contributed by atoms with Crippen LogP contribution in [0.5, 0.6) is 11.5 Å². The summed E-state index contributed by atoms with van der Waals surface area (Å²) in [7, 11) is -0.438. The lowest BCUT2D eigenvalue weighted by atomic mass is 10.2. The fraction of sp³-hybridized carbons (Fsp3) is 0.263. The van der Waals surface area contributed by atoms with Gasteiger partial charge >= 0.3 is 0 Å². The largest absolute Gasteiger partial charge is 0.497 e. The second kappa shape index (κ2) is 8.30. The normalized spacial score (nSPS) is 11.2. The molecule has 8 nitrogen and oxygen atoms in total. The average Bonchev–Trinajstić information content (AvgIpc) is 2.68. The van der Waals surface area contributed by atoms with Gasteiger partial charge in [-0.15, -0.1) is 0 Å². The molecule has 0 unspecified atom stereocenters. The Hall–Kier alpha value is -3.07. The Labute approximate surface area is 164 Å². The highest BCUT2D eigenvalue weighted by Gasteiger charge is 2.17. The third kappa shape index (κ3) is 4.42. The van der Waals surface area contributed by atoms with E-state index >= 15 is 0 Å². The van der Waals surface area contributed by atoms with Crippen molar-refractivity contribution >= 4 is 38.4 Å². The van der Waals surface area contributed by atoms with Gasteiger partial charge in [-0.2, -0.15) is 0 Å². The highest BCUT2D eigenvalue weighted by molar-refractivity contribution is 7.92. The maximum atomic E-state index is 12.3. The number of aromatic nitrogens is 2. The summed E-state index contributed by atoms with van der Waals surface area (Å²) >= 11 is 0. The number of hydrogen-bond acceptors (Lipinski definition) is 7. The molecule has 1 heterocycles. The number of nitrogens with one attached hydrogen (secondary N) is 2. The van der Waals surface area contributed by atoms with Gasteiger partial charge in [-0.25, -0.2) is 18.4 Å². The third-order valence-electron chi connectivity index (χ3n) is 3.96. The van der Waals surface area contributed by atoms with Crippen LogP contribution in [0.2, 0.25) is 0 Å². The van der Waals surface area contributed by atoms with Crippen LogP contribution in [-0.4, -0.2) is 38.4 Å². The lowest BCUT2D eigenvalue weighted by Gasteiger charge is -2.16. The summed E-state index contributed by atoms with van der Waals surface area (Å²) in [5.41, 5.74) is 1.78. The number of nitrogens with zero attached hydrogens (tertiary/aromatic N) is 2. The molecule has 0 bridgehead atoms. The summed E-state index contributed by atoms with van der Waals surface area (Å²) in [6.07, 6.45) is 0.489. The van der Waals surface area contributed by atoms with E-state index in [1.165, 1.54) is 0 Å². The van der Waals surface area contributed by atoms with Gasteiger partial charge in [0.05, 0.1) is 36.7 Å². The van der Waals surface area contributed by atoms with Gasteiger partial charge in [0, 0.05) is 6.07 Å². The molecule has 0 radical (unpaired) electrons. The first-order chi connectivity index (χ1) is 13.5. The first kappa shape index (κ1) is 19.7. The zero-order valence-electron chi connectivity index (χ0n) is 15.9. The summed E-state index contributed by atoms with van der Waals surface area (Å²) < 4.78 is 37.8. The molecule has 0 aliphatic heterocycles. The molecule has 0 aliphatic rings. The van der Waals surface area contributed by atoms with Crippen LogP contribution in [0.25, 0.3) is 11.0 Å². The lowest BCUT2D eigenvalue weighted by Crippen LogP contribution is -2.18. The molecule has 0 atom stereocenters. The van der Waals surface area contributed by atoms with Crippen molar-refractivity contribution in [1.29, 1.82) is 0 Å². The quantitative estimate of drug-likeness (QED) is 0.594. The number of anilines is 3. The van der Waals surface area contributed by atoms with Crippen molar-refractivity contribution in [1.82, 2.24) is 9.97 Å². The topological polar surface area (TPSA) is 102 Å². The Bertz CT molecular complexity index is 1090. The van der Waals surface area contributed by atoms with Gasteiger partial charge in [-0.3, -0.25) is 4.72 Å². The molecular formula is C19H22N4O4S. The number of methoxy groups -OCH3 is 2. The first-order valence-electron chi connectivity index (χ1n) is 8.72. The molecule has 3 aromatic rings. The molecule has 2 aromatic carbocycles. The number of para-hydroxylation sites is 2. The van der Waals surface area contributed by atoms with Crippen LogP contribution in [0.15, 0.2) is 42.5 Å². The first-order valence-corrected chi connectivity index (χ1v) is 10.4. The summed E-state index contributed by atoms with van der Waals surface area (Å²) in [6.45, 7) is 1.80. The van der Waals surface area contributed by atoms with Crippen molar-refractivity contribution < 1.29 is 17.9 Å². The van der Waals surface area contributed by atoms with Crippen LogP contribution >= 0.6 is 0 Å². The smallest absolute Gasteiger partial charge is 0.233 e. The van der Waals surface area contributed by atoms with Gasteiger partial charge in [-0.05, 0) is 30.7 Å². The molecule has 0 saturated carbocycles. The van der Waals surface area contributed by atoms with Crippen molar-refractivity contribution in [2.24, 2.45) is 0 Å². The van der Waals surface area contributed by atoms with E-state index in [1.807, 2.05) is 12.1 Å². The van der Waals surface area contributed by atoms with Gasteiger partial charge in [0.15, 0.2) is 11.6 Å². The van der Waals surface area contributed by atoms with Crippen LogP contribution in [0.1, 0.15) is 13.3 Å². The minimum Gasteiger partial charge on any atom is -0.497 e. The molecule has 2 N–H and O–H groups in total. The summed E-state index contributed by atoms with van der Waals surface area (Å²) in [6, 6.07) is 12.5. The molecule has 0 amide bonds. The standard InChI is InChI=1S/C19H22N4O4S/c1-4-11-28(24,25)23-19-18(20-14-7-5-6-8-15(14)21-19)22-16-12-13(26-2)9-10-17(16)27-3/h5-10,12H,4,11H2,1-3H3,(H,20,22)(H,21,23). The Morgan fingerprint density at radius 1 is 0.964 bits per heavy atom. The second-order valence-electron chi connectivity index (χ2n) is 6.02. The Morgan fingerprint density at radius 3 is 2.25 bits per heavy atom. The highest BCUT2D eigenvalue weighted by atomic mass is 32.2. The number of hydrogen-bond donors (Lipinski definition) is 2. The van der Waals surface area contributed by atoms with E-state index in [2.05, 4.69) is 20.0 Å². The van der Waals surface area contributed by atoms with Gasteiger partial charge < -0.3 is 14.8 Å². The molecule has 3 rings (SSSR count). The predicted molar refractivity (Wildman–Crippen MR) is 110 cm³/mol. The fourth-order valence-corrected chi connectivity index (χ4v) is 3.74. The second-order valence-corrected chi connectivity index (χ2v) is 7.86. The summed E-state index contributed by atoms with van der Waals surface area (Å²) in [5.74, 6) is 1.55. The maximum Gasteiger partial charge on any atom is 0.233 e. The molecule has 0 spiro atoms. The SMILES string of the molecule is CCCS(=O)(=O)Nc1nc2ccccc2nc1Nc1cc(OC)ccc1OC. The molecule has 1 aromatic heterocycles. The highest BCUT2D eigenvalue weighted by Crippen LogP contribution is 2.33. The number of sulfonamides is 1. The fourth-order valence-electron chi connectivity index (χ4n) is 2.66. The molecule has 0 aliphatic carbocycles. The minimum absolute atomic E-state index is 0.0105. The monoisotopic (exact) mass is 402 g/mol. The van der Waals surface area contributed by atoms with E-state index in [4.69, 9.17) is 9.47 Å². The van der Waals surface area contributed by atoms with Crippen molar-refractivity contribution in [3.05, 3.63) is 42.5 Å². The number of rotatable bonds is 8. The van der Waals surface area contributed by atoms with Crippen LogP contribution in [-0.2, 0) is 10.0 Å². The van der Waals surface area contributed by atoms with Gasteiger partial charge in [0.1, 0.15) is 11.5 Å². The van der Waals surface area contributed by atoms with Crippen LogP contribution < -0.4 is 19.5 Å². The number of benzene rings is 2. The maximum absolute atomic E-state index is 12.3. The molecule has 0 fully saturated rings. The minimum atomic E-state index is -3.55. The summed E-state index contributed by atoms with van der Waals surface area (Å²) in [4.78, 5) is 9.00. The van der Waals surface area contributed by atoms with Gasteiger partial charge in [0.25, 0.3) is 0 Å². The van der Waals surface area contributed by atoms with Gasteiger partial charge in [-0.1, -0.05) is 19.1 Å². The Kier molecular flexibility index (Phi) is 5.84. The zero-order chi connectivity index (χ0) is 20.1. The Morgan fingerprint density at radius 2 is 1.64 bits per heavy atom. The zero-order valence-corrected chi connectivity index (χ0v) is 16.7. The van der Waals surface area contributed by atoms with Crippen molar-refractivity contribution in [3.63, 3.8) is 0 Å². The lowest BCUT2D eigenvalue weighted by molar-refractivity contribution is 0.405. The van der Waals surface area contributed by atoms with Crippen molar-refractivity contribution in [2.45, 2.75) is 13.3 Å². The van der Waals surface area contributed by atoms with Gasteiger partial charge in [0.2, 0.25) is 10.0 Å². The van der Waals surface area contributed by atoms with E-state index in [9.17, 15) is 8.42 Å². The Balaban J connectivity index is 2.09. The van der Waals surface area contributed by atoms with Crippen LogP contribution in [0, 0.1) is 0 Å². The number of fused-ring (bicyclic) bond motifs is 1. The van der Waals surface area contributed by atoms with E-state index in [0.717, 1.165) is 0 Å². The molecular weight excluding hydrogens is 380 g/mol. The predicted octanol–water partition coefficient (Wildman–Crippen LogP) is 3.54. The van der Waals surface area contributed by atoms with E-state index in [0.29, 0.717) is 34.6 Å². The van der Waals surface area contributed by atoms with Crippen molar-refractivity contribution in [3.8, 4) is 11.5 Å². The molecule has 0 saturated heterocycles. The van der Waals surface area contributed by atoms with Crippen LogP contribution in [0.3, 0.4) is 0 Å². The average molecular weight is 402 g/mol. The summed E-state index contributed by atoms with van der Waals surface area (Å²) in [5, 5.41) is 3.12. The third-order valence-corrected chi connectivity index (χ3v) is 5.41. The van der Waals surface area contributed by atoms with E-state index < -0.39 is 10.0 Å². The van der Waals surface area contributed by atoms with Crippen LogP contribution in [0.4, 0.5) is 17.3 Å². The van der Waals surface area contributed by atoms with E-state index in [-0.39, 0.29) is 17.4 Å². The van der Waals surface area contributed by atoms with Crippen molar-refractivity contribution in [2.75, 3.05) is 30.0 Å². The molecule has 148 valence electrons. The molecule has 9 heteroatoms. The molecule has 28 heavy (non-hydrogen) atoms. The number of ether oxygens (including phenoxy) is 2.